The molecule has 0 aliphatic carbocycles. The lowest BCUT2D eigenvalue weighted by Gasteiger charge is -2.18. The molecular formula is C55H106O6. The van der Waals surface area contributed by atoms with E-state index in [0.29, 0.717) is 19.3 Å². The van der Waals surface area contributed by atoms with E-state index in [9.17, 15) is 14.4 Å². The fourth-order valence-corrected chi connectivity index (χ4v) is 8.45. The van der Waals surface area contributed by atoms with Crippen LogP contribution in [0, 0.1) is 0 Å². The fraction of sp³-hybridized carbons (Fsp3) is 0.945. The molecule has 1 atom stereocenters. The van der Waals surface area contributed by atoms with Crippen molar-refractivity contribution in [3.63, 3.8) is 0 Å². The van der Waals surface area contributed by atoms with Crippen LogP contribution >= 0.6 is 0 Å². The van der Waals surface area contributed by atoms with Crippen LogP contribution in [-0.4, -0.2) is 37.2 Å². The molecule has 0 aromatic carbocycles. The zero-order valence-corrected chi connectivity index (χ0v) is 41.5. The normalized spacial score (nSPS) is 11.9. The molecule has 0 aliphatic heterocycles. The predicted octanol–water partition coefficient (Wildman–Crippen LogP) is 18.0. The molecule has 6 heteroatoms. The van der Waals surface area contributed by atoms with E-state index in [4.69, 9.17) is 14.2 Å². The second-order valence-corrected chi connectivity index (χ2v) is 18.9. The Morgan fingerprint density at radius 2 is 0.443 bits per heavy atom. The summed E-state index contributed by atoms with van der Waals surface area (Å²) in [6.45, 7) is 6.62. The summed E-state index contributed by atoms with van der Waals surface area (Å²) >= 11 is 0. The first-order chi connectivity index (χ1) is 30.0. The molecule has 0 N–H and O–H groups in total. The first kappa shape index (κ1) is 59.4. The van der Waals surface area contributed by atoms with Gasteiger partial charge in [0.05, 0.1) is 0 Å². The summed E-state index contributed by atoms with van der Waals surface area (Å²) in [4.78, 5) is 37.7. The molecule has 0 aromatic heterocycles. The summed E-state index contributed by atoms with van der Waals surface area (Å²) < 4.78 is 16.7. The second kappa shape index (κ2) is 51.0. The van der Waals surface area contributed by atoms with Crippen molar-refractivity contribution in [2.75, 3.05) is 13.2 Å². The maximum Gasteiger partial charge on any atom is 0.306 e. The maximum atomic E-state index is 12.7. The van der Waals surface area contributed by atoms with Crippen molar-refractivity contribution in [2.24, 2.45) is 0 Å². The van der Waals surface area contributed by atoms with E-state index in [1.165, 1.54) is 218 Å². The van der Waals surface area contributed by atoms with Gasteiger partial charge in [-0.2, -0.15) is 0 Å². The van der Waals surface area contributed by atoms with Gasteiger partial charge in [0.25, 0.3) is 0 Å². The van der Waals surface area contributed by atoms with Gasteiger partial charge in [0.15, 0.2) is 6.10 Å². The van der Waals surface area contributed by atoms with Crippen molar-refractivity contribution in [2.45, 2.75) is 322 Å². The van der Waals surface area contributed by atoms with E-state index in [1.807, 2.05) is 0 Å². The van der Waals surface area contributed by atoms with E-state index in [2.05, 4.69) is 20.8 Å². The quantitative estimate of drug-likeness (QED) is 0.0344. The molecule has 0 bridgehead atoms. The molecule has 0 heterocycles. The zero-order chi connectivity index (χ0) is 44.4. The zero-order valence-electron chi connectivity index (χ0n) is 41.5. The third kappa shape index (κ3) is 49.3. The molecule has 0 aromatic rings. The van der Waals surface area contributed by atoms with Crippen LogP contribution in [0.5, 0.6) is 0 Å². The number of unbranched alkanes of at least 4 members (excludes halogenated alkanes) is 40. The molecule has 1 unspecified atom stereocenters. The van der Waals surface area contributed by atoms with Gasteiger partial charge in [-0.3, -0.25) is 14.4 Å². The Morgan fingerprint density at radius 1 is 0.262 bits per heavy atom. The van der Waals surface area contributed by atoms with Gasteiger partial charge in [-0.25, -0.2) is 0 Å². The van der Waals surface area contributed by atoms with Crippen molar-refractivity contribution in [3.8, 4) is 0 Å². The van der Waals surface area contributed by atoms with Crippen molar-refractivity contribution >= 4 is 17.9 Å². The molecule has 0 saturated heterocycles. The van der Waals surface area contributed by atoms with Crippen molar-refractivity contribution in [3.05, 3.63) is 0 Å². The summed E-state index contributed by atoms with van der Waals surface area (Å²) in [5.74, 6) is -0.854. The lowest BCUT2D eigenvalue weighted by Crippen LogP contribution is -2.30. The van der Waals surface area contributed by atoms with Gasteiger partial charge in [0.1, 0.15) is 13.2 Å². The molecule has 0 aliphatic rings. The molecule has 0 saturated carbocycles. The van der Waals surface area contributed by atoms with Gasteiger partial charge in [-0.1, -0.05) is 278 Å². The largest absolute Gasteiger partial charge is 0.462 e. The fourth-order valence-electron chi connectivity index (χ4n) is 8.45. The Labute approximate surface area is 380 Å². The Morgan fingerprint density at radius 3 is 0.656 bits per heavy atom. The molecule has 362 valence electrons. The lowest BCUT2D eigenvalue weighted by atomic mass is 10.0. The molecule has 61 heavy (non-hydrogen) atoms. The minimum Gasteiger partial charge on any atom is -0.462 e. The third-order valence-electron chi connectivity index (χ3n) is 12.6. The topological polar surface area (TPSA) is 78.9 Å². The van der Waals surface area contributed by atoms with E-state index in [1.54, 1.807) is 0 Å². The van der Waals surface area contributed by atoms with E-state index < -0.39 is 6.10 Å². The smallest absolute Gasteiger partial charge is 0.306 e. The van der Waals surface area contributed by atoms with Gasteiger partial charge in [-0.15, -0.1) is 0 Å². The maximum absolute atomic E-state index is 12.7. The highest BCUT2D eigenvalue weighted by Gasteiger charge is 2.19. The summed E-state index contributed by atoms with van der Waals surface area (Å²) in [5, 5.41) is 0. The first-order valence-electron chi connectivity index (χ1n) is 27.5. The second-order valence-electron chi connectivity index (χ2n) is 18.9. The Kier molecular flexibility index (Phi) is 49.7. The van der Waals surface area contributed by atoms with Crippen LogP contribution in [-0.2, 0) is 28.6 Å². The number of ether oxygens (including phenoxy) is 3. The van der Waals surface area contributed by atoms with E-state index in [-0.39, 0.29) is 31.1 Å². The van der Waals surface area contributed by atoms with Crippen LogP contribution in [0.4, 0.5) is 0 Å². The van der Waals surface area contributed by atoms with Gasteiger partial charge in [0.2, 0.25) is 0 Å². The Bertz CT molecular complexity index is 905. The van der Waals surface area contributed by atoms with Gasteiger partial charge in [-0.05, 0) is 19.3 Å². The molecule has 6 nitrogen and oxygen atoms in total. The highest BCUT2D eigenvalue weighted by atomic mass is 16.6. The molecule has 0 spiro atoms. The van der Waals surface area contributed by atoms with Crippen LogP contribution in [0.1, 0.15) is 316 Å². The standard InChI is InChI=1S/C55H106O6/c1-4-7-10-13-16-18-19-20-21-22-23-24-25-26-27-28-29-30-31-32-33-34-35-37-39-42-45-48-54(57)60-51-52(50-59-53(56)47-44-41-38-15-12-9-6-3)61-55(58)49-46-43-40-36-17-14-11-8-5-2/h52H,4-51H2,1-3H3. The highest BCUT2D eigenvalue weighted by molar-refractivity contribution is 5.71. The number of hydrogen-bond acceptors (Lipinski definition) is 6. The molecular weight excluding hydrogens is 757 g/mol. The van der Waals surface area contributed by atoms with Crippen LogP contribution < -0.4 is 0 Å². The van der Waals surface area contributed by atoms with E-state index >= 15 is 0 Å². The van der Waals surface area contributed by atoms with Crippen molar-refractivity contribution in [1.29, 1.82) is 0 Å². The number of hydrogen-bond donors (Lipinski definition) is 0. The molecule has 0 radical (unpaired) electrons. The summed E-state index contributed by atoms with van der Waals surface area (Å²) in [6.07, 6.45) is 55.7. The minimum absolute atomic E-state index is 0.0629. The Balaban J connectivity index is 3.92. The molecule has 0 amide bonds. The average Bonchev–Trinajstić information content (AvgIpc) is 3.26. The van der Waals surface area contributed by atoms with Gasteiger partial charge >= 0.3 is 17.9 Å². The number of rotatable bonds is 51. The van der Waals surface area contributed by atoms with Crippen LogP contribution in [0.2, 0.25) is 0 Å². The predicted molar refractivity (Wildman–Crippen MR) is 261 cm³/mol. The summed E-state index contributed by atoms with van der Waals surface area (Å²) in [5.41, 5.74) is 0. The average molecular weight is 863 g/mol. The van der Waals surface area contributed by atoms with Gasteiger partial charge in [0, 0.05) is 19.3 Å². The first-order valence-corrected chi connectivity index (χ1v) is 27.5. The molecule has 0 fully saturated rings. The monoisotopic (exact) mass is 863 g/mol. The number of esters is 3. The van der Waals surface area contributed by atoms with Crippen LogP contribution in [0.3, 0.4) is 0 Å². The number of carbonyl (C=O) groups excluding carboxylic acids is 3. The van der Waals surface area contributed by atoms with E-state index in [0.717, 1.165) is 57.8 Å². The van der Waals surface area contributed by atoms with Crippen molar-refractivity contribution in [1.82, 2.24) is 0 Å². The SMILES string of the molecule is CCCCCCCCCCCCCCCCCCCCCCCCCCCCCC(=O)OCC(COC(=O)CCCCCCCCC)OC(=O)CCCCCCCCCCC. The summed E-state index contributed by atoms with van der Waals surface area (Å²) in [6, 6.07) is 0. The lowest BCUT2D eigenvalue weighted by molar-refractivity contribution is -0.167. The summed E-state index contributed by atoms with van der Waals surface area (Å²) in [7, 11) is 0. The van der Waals surface area contributed by atoms with Crippen LogP contribution in [0.15, 0.2) is 0 Å². The molecule has 0 rings (SSSR count). The number of carbonyl (C=O) groups is 3. The minimum atomic E-state index is -0.758. The third-order valence-corrected chi connectivity index (χ3v) is 12.6. The van der Waals surface area contributed by atoms with Gasteiger partial charge < -0.3 is 14.2 Å². The Hall–Kier alpha value is -1.59. The van der Waals surface area contributed by atoms with Crippen molar-refractivity contribution < 1.29 is 28.6 Å². The van der Waals surface area contributed by atoms with Crippen LogP contribution in [0.25, 0.3) is 0 Å². The highest BCUT2D eigenvalue weighted by Crippen LogP contribution is 2.17.